The van der Waals surface area contributed by atoms with Crippen LogP contribution in [-0.4, -0.2) is 50.9 Å². The van der Waals surface area contributed by atoms with Gasteiger partial charge in [0.1, 0.15) is 12.8 Å². The largest absolute Gasteiger partial charge is 0.393 e. The van der Waals surface area contributed by atoms with Crippen LogP contribution in [0.5, 0.6) is 0 Å². The maximum atomic E-state index is 14.0. The number of aliphatic hydroxyl groups excluding tert-OH is 2. The summed E-state index contributed by atoms with van der Waals surface area (Å²) in [6, 6.07) is 0. The number of hydrogen-bond acceptors (Lipinski definition) is 5. The Morgan fingerprint density at radius 2 is 2.25 bits per heavy atom. The molecule has 1 aliphatic rings. The number of nitrogens with zero attached hydrogens (tertiary/aromatic N) is 2. The van der Waals surface area contributed by atoms with Crippen molar-refractivity contribution in [3.63, 3.8) is 0 Å². The molecule has 2 heterocycles. The minimum absolute atomic E-state index is 0.181. The molecule has 1 aromatic rings. The van der Waals surface area contributed by atoms with Gasteiger partial charge in [0.25, 0.3) is 0 Å². The van der Waals surface area contributed by atoms with Crippen LogP contribution < -0.4 is 5.69 Å². The van der Waals surface area contributed by atoms with Crippen LogP contribution in [0.2, 0.25) is 0 Å². The van der Waals surface area contributed by atoms with Gasteiger partial charge in [0.05, 0.1) is 12.3 Å². The molecule has 1 aromatic heterocycles. The van der Waals surface area contributed by atoms with E-state index in [1.54, 1.807) is 0 Å². The molecule has 0 spiro atoms. The number of rotatable bonds is 3. The summed E-state index contributed by atoms with van der Waals surface area (Å²) in [5, 5.41) is 18.7. The average molecular weight is 294 g/mol. The molecule has 1 fully saturated rings. The first-order valence-corrected chi connectivity index (χ1v) is 5.78. The number of aromatic nitrogens is 2. The van der Waals surface area contributed by atoms with Gasteiger partial charge in [-0.15, -0.1) is 0 Å². The van der Waals surface area contributed by atoms with Gasteiger partial charge < -0.3 is 14.9 Å². The van der Waals surface area contributed by atoms with Gasteiger partial charge in [-0.2, -0.15) is 4.98 Å². The van der Waals surface area contributed by atoms with Crippen LogP contribution >= 0.6 is 0 Å². The van der Waals surface area contributed by atoms with E-state index >= 15 is 0 Å². The Morgan fingerprint density at radius 1 is 1.60 bits per heavy atom. The van der Waals surface area contributed by atoms with Crippen LogP contribution in [-0.2, 0) is 4.74 Å². The van der Waals surface area contributed by atoms with Gasteiger partial charge in [0, 0.05) is 6.20 Å². The van der Waals surface area contributed by atoms with Crippen LogP contribution in [0.3, 0.4) is 0 Å². The molecule has 0 aliphatic carbocycles. The molecule has 6 nitrogen and oxygen atoms in total. The monoisotopic (exact) mass is 294 g/mol. The van der Waals surface area contributed by atoms with Crippen LogP contribution in [0, 0.1) is 12.7 Å². The zero-order valence-electron chi connectivity index (χ0n) is 10.5. The number of halogens is 3. The molecular weight excluding hydrogens is 281 g/mol. The molecular formula is C11H13F3N2O4. The van der Waals surface area contributed by atoms with E-state index in [9.17, 15) is 23.1 Å². The average Bonchev–Trinajstić information content (AvgIpc) is 2.68. The highest BCUT2D eigenvalue weighted by atomic mass is 19.1. The molecule has 1 aliphatic heterocycles. The molecule has 20 heavy (non-hydrogen) atoms. The normalized spacial score (nSPS) is 33.6. The number of hydrogen-bond donors (Lipinski definition) is 2. The Labute approximate surface area is 111 Å². The van der Waals surface area contributed by atoms with E-state index < -0.39 is 48.9 Å². The number of aryl methyl sites for hydroxylation is 1. The molecule has 0 bridgehead atoms. The summed E-state index contributed by atoms with van der Waals surface area (Å²) in [6.07, 6.45) is -5.29. The Morgan fingerprint density at radius 3 is 2.75 bits per heavy atom. The molecule has 0 amide bonds. The highest BCUT2D eigenvalue weighted by Gasteiger charge is 2.56. The van der Waals surface area contributed by atoms with Crippen LogP contribution in [0.25, 0.3) is 0 Å². The zero-order valence-corrected chi connectivity index (χ0v) is 10.5. The van der Waals surface area contributed by atoms with Gasteiger partial charge in [0.2, 0.25) is 0 Å². The Kier molecular flexibility index (Phi) is 3.85. The lowest BCUT2D eigenvalue weighted by atomic mass is 9.98. The quantitative estimate of drug-likeness (QED) is 0.794. The summed E-state index contributed by atoms with van der Waals surface area (Å²) in [6.45, 7) is -1.10. The molecule has 0 unspecified atom stereocenters. The standard InChI is InChI=1S/C11H13F3N2O4/c1-5-6(13)2-16(10(19)15-5)9-7(14)8(18)11(3-12,4-17)20-9/h2,7-9,17-18H,3-4H2,1H3/t7-,8+,9-,11-/m1/s1. The molecule has 4 atom stereocenters. The van der Waals surface area contributed by atoms with E-state index in [4.69, 9.17) is 9.84 Å². The van der Waals surface area contributed by atoms with Gasteiger partial charge >= 0.3 is 5.69 Å². The summed E-state index contributed by atoms with van der Waals surface area (Å²) in [5.41, 5.74) is -3.36. The van der Waals surface area contributed by atoms with Crippen molar-refractivity contribution in [3.05, 3.63) is 28.2 Å². The SMILES string of the molecule is Cc1nc(=O)n([C@@H]2O[C@@](CO)(CF)[C@@H](O)[C@H]2F)cc1F. The lowest BCUT2D eigenvalue weighted by molar-refractivity contribution is -0.138. The van der Waals surface area contributed by atoms with Crippen molar-refractivity contribution >= 4 is 0 Å². The first kappa shape index (κ1) is 14.9. The van der Waals surface area contributed by atoms with E-state index in [-0.39, 0.29) is 5.69 Å². The lowest BCUT2D eigenvalue weighted by Gasteiger charge is -2.26. The topological polar surface area (TPSA) is 84.6 Å². The van der Waals surface area contributed by atoms with Crippen LogP contribution in [0.4, 0.5) is 13.2 Å². The molecule has 2 rings (SSSR count). The summed E-state index contributed by atoms with van der Waals surface area (Å²) < 4.78 is 45.7. The third-order valence-electron chi connectivity index (χ3n) is 3.32. The molecule has 9 heteroatoms. The van der Waals surface area contributed by atoms with Gasteiger partial charge in [-0.3, -0.25) is 4.57 Å². The predicted molar refractivity (Wildman–Crippen MR) is 60.0 cm³/mol. The fourth-order valence-corrected chi connectivity index (χ4v) is 2.02. The summed E-state index contributed by atoms with van der Waals surface area (Å²) in [4.78, 5) is 14.9. The maximum Gasteiger partial charge on any atom is 0.350 e. The van der Waals surface area contributed by atoms with Gasteiger partial charge in [-0.25, -0.2) is 18.0 Å². The highest BCUT2D eigenvalue weighted by Crippen LogP contribution is 2.38. The van der Waals surface area contributed by atoms with Crippen molar-refractivity contribution in [1.29, 1.82) is 0 Å². The van der Waals surface area contributed by atoms with Crippen molar-refractivity contribution in [2.45, 2.75) is 31.0 Å². The maximum absolute atomic E-state index is 14.0. The van der Waals surface area contributed by atoms with E-state index in [1.807, 2.05) is 0 Å². The second-order valence-electron chi connectivity index (χ2n) is 4.62. The minimum Gasteiger partial charge on any atom is -0.393 e. The number of aliphatic hydroxyl groups is 2. The molecule has 112 valence electrons. The molecule has 0 radical (unpaired) electrons. The Hall–Kier alpha value is -1.45. The van der Waals surface area contributed by atoms with E-state index in [2.05, 4.69) is 4.98 Å². The third-order valence-corrected chi connectivity index (χ3v) is 3.32. The van der Waals surface area contributed by atoms with Gasteiger partial charge in [-0.05, 0) is 6.92 Å². The minimum atomic E-state index is -2.21. The van der Waals surface area contributed by atoms with E-state index in [0.717, 1.165) is 0 Å². The first-order valence-electron chi connectivity index (χ1n) is 5.78. The first-order chi connectivity index (χ1) is 9.36. The Bertz CT molecular complexity index is 561. The highest BCUT2D eigenvalue weighted by molar-refractivity contribution is 5.05. The van der Waals surface area contributed by atoms with Crippen LogP contribution in [0.15, 0.2) is 11.0 Å². The Balaban J connectivity index is 2.45. The lowest BCUT2D eigenvalue weighted by Crippen LogP contribution is -2.47. The fourth-order valence-electron chi connectivity index (χ4n) is 2.02. The fraction of sp³-hybridized carbons (Fsp3) is 0.636. The van der Waals surface area contributed by atoms with Gasteiger partial charge in [0.15, 0.2) is 23.8 Å². The molecule has 0 aromatic carbocycles. The molecule has 0 saturated carbocycles. The van der Waals surface area contributed by atoms with Crippen molar-refractivity contribution in [2.24, 2.45) is 0 Å². The molecule has 2 N–H and O–H groups in total. The zero-order chi connectivity index (χ0) is 15.1. The van der Waals surface area contributed by atoms with Gasteiger partial charge in [-0.1, -0.05) is 0 Å². The number of ether oxygens (including phenoxy) is 1. The van der Waals surface area contributed by atoms with Crippen molar-refractivity contribution < 1.29 is 28.1 Å². The van der Waals surface area contributed by atoms with Crippen molar-refractivity contribution in [1.82, 2.24) is 9.55 Å². The number of alkyl halides is 2. The third kappa shape index (κ3) is 2.11. The van der Waals surface area contributed by atoms with Crippen molar-refractivity contribution in [3.8, 4) is 0 Å². The van der Waals surface area contributed by atoms with Crippen molar-refractivity contribution in [2.75, 3.05) is 13.3 Å². The summed E-state index contributed by atoms with van der Waals surface area (Å²) in [5.74, 6) is -0.878. The summed E-state index contributed by atoms with van der Waals surface area (Å²) in [7, 11) is 0. The van der Waals surface area contributed by atoms with E-state index in [1.165, 1.54) is 6.92 Å². The summed E-state index contributed by atoms with van der Waals surface area (Å²) >= 11 is 0. The van der Waals surface area contributed by atoms with E-state index in [0.29, 0.717) is 10.8 Å². The second kappa shape index (κ2) is 5.15. The van der Waals surface area contributed by atoms with Crippen LogP contribution in [0.1, 0.15) is 11.9 Å². The predicted octanol–water partition coefficient (Wildman–Crippen LogP) is -0.381. The smallest absolute Gasteiger partial charge is 0.350 e. The molecule has 1 saturated heterocycles. The second-order valence-corrected chi connectivity index (χ2v) is 4.62.